The standard InChI is InChI=1S/C13H22N2/c1-5-6-7-12(14-4)13-11(3)8-10(2)9-15-13/h8-9,12,14H,5-7H2,1-4H3. The van der Waals surface area contributed by atoms with Gasteiger partial charge in [-0.1, -0.05) is 25.8 Å². The molecule has 15 heavy (non-hydrogen) atoms. The van der Waals surface area contributed by atoms with Gasteiger partial charge in [0.1, 0.15) is 0 Å². The van der Waals surface area contributed by atoms with Gasteiger partial charge >= 0.3 is 0 Å². The minimum absolute atomic E-state index is 0.408. The molecule has 1 aromatic heterocycles. The molecule has 0 aliphatic carbocycles. The van der Waals surface area contributed by atoms with Gasteiger partial charge in [0, 0.05) is 12.2 Å². The van der Waals surface area contributed by atoms with E-state index < -0.39 is 0 Å². The molecular weight excluding hydrogens is 184 g/mol. The topological polar surface area (TPSA) is 24.9 Å². The molecule has 0 aliphatic rings. The maximum atomic E-state index is 4.54. The van der Waals surface area contributed by atoms with Crippen molar-refractivity contribution in [2.45, 2.75) is 46.1 Å². The van der Waals surface area contributed by atoms with Crippen molar-refractivity contribution in [1.82, 2.24) is 10.3 Å². The Labute approximate surface area is 93.1 Å². The maximum absolute atomic E-state index is 4.54. The molecule has 0 amide bonds. The fraction of sp³-hybridized carbons (Fsp3) is 0.615. The van der Waals surface area contributed by atoms with Crippen molar-refractivity contribution in [3.8, 4) is 0 Å². The molecule has 1 atom stereocenters. The van der Waals surface area contributed by atoms with E-state index in [0.29, 0.717) is 6.04 Å². The second kappa shape index (κ2) is 5.86. The van der Waals surface area contributed by atoms with Crippen LogP contribution in [0.2, 0.25) is 0 Å². The summed E-state index contributed by atoms with van der Waals surface area (Å²) < 4.78 is 0. The summed E-state index contributed by atoms with van der Waals surface area (Å²) in [6.07, 6.45) is 5.62. The average Bonchev–Trinajstić information content (AvgIpc) is 2.21. The van der Waals surface area contributed by atoms with E-state index >= 15 is 0 Å². The number of nitrogens with one attached hydrogen (secondary N) is 1. The first kappa shape index (κ1) is 12.2. The summed E-state index contributed by atoms with van der Waals surface area (Å²) in [7, 11) is 2.02. The van der Waals surface area contributed by atoms with Crippen molar-refractivity contribution in [1.29, 1.82) is 0 Å². The highest BCUT2D eigenvalue weighted by Gasteiger charge is 2.12. The lowest BCUT2D eigenvalue weighted by Gasteiger charge is -2.17. The highest BCUT2D eigenvalue weighted by atomic mass is 14.9. The Hall–Kier alpha value is -0.890. The summed E-state index contributed by atoms with van der Waals surface area (Å²) in [6.45, 7) is 6.46. The molecule has 84 valence electrons. The normalized spacial score (nSPS) is 12.8. The zero-order chi connectivity index (χ0) is 11.3. The minimum Gasteiger partial charge on any atom is -0.312 e. The van der Waals surface area contributed by atoms with Crippen LogP contribution < -0.4 is 5.32 Å². The third-order valence-corrected chi connectivity index (χ3v) is 2.78. The Morgan fingerprint density at radius 3 is 2.67 bits per heavy atom. The van der Waals surface area contributed by atoms with Crippen molar-refractivity contribution >= 4 is 0 Å². The zero-order valence-corrected chi connectivity index (χ0v) is 10.3. The molecule has 0 aliphatic heterocycles. The third-order valence-electron chi connectivity index (χ3n) is 2.78. The van der Waals surface area contributed by atoms with Crippen LogP contribution in [0.3, 0.4) is 0 Å². The molecule has 1 aromatic rings. The molecule has 1 N–H and O–H groups in total. The molecule has 1 heterocycles. The SMILES string of the molecule is CCCCC(NC)c1ncc(C)cc1C. The number of pyridine rings is 1. The quantitative estimate of drug-likeness (QED) is 0.800. The van der Waals surface area contributed by atoms with E-state index in [1.165, 1.54) is 36.1 Å². The fourth-order valence-electron chi connectivity index (χ4n) is 1.92. The molecule has 1 rings (SSSR count). The van der Waals surface area contributed by atoms with Gasteiger partial charge in [-0.15, -0.1) is 0 Å². The van der Waals surface area contributed by atoms with Crippen LogP contribution in [0.4, 0.5) is 0 Å². The minimum atomic E-state index is 0.408. The number of hydrogen-bond donors (Lipinski definition) is 1. The van der Waals surface area contributed by atoms with Crippen molar-refractivity contribution in [3.63, 3.8) is 0 Å². The molecule has 0 radical (unpaired) electrons. The van der Waals surface area contributed by atoms with Crippen LogP contribution >= 0.6 is 0 Å². The largest absolute Gasteiger partial charge is 0.312 e. The molecule has 0 aromatic carbocycles. The van der Waals surface area contributed by atoms with Gasteiger partial charge in [-0.25, -0.2) is 0 Å². The lowest BCUT2D eigenvalue weighted by Crippen LogP contribution is -2.18. The lowest BCUT2D eigenvalue weighted by molar-refractivity contribution is 0.509. The summed E-state index contributed by atoms with van der Waals surface area (Å²) in [4.78, 5) is 4.54. The monoisotopic (exact) mass is 206 g/mol. The van der Waals surface area contributed by atoms with Crippen molar-refractivity contribution in [2.24, 2.45) is 0 Å². The average molecular weight is 206 g/mol. The van der Waals surface area contributed by atoms with Crippen molar-refractivity contribution in [3.05, 3.63) is 29.1 Å². The van der Waals surface area contributed by atoms with Gasteiger partial charge in [0.25, 0.3) is 0 Å². The van der Waals surface area contributed by atoms with E-state index in [-0.39, 0.29) is 0 Å². The predicted molar refractivity (Wildman–Crippen MR) is 65.0 cm³/mol. The Morgan fingerprint density at radius 1 is 1.40 bits per heavy atom. The zero-order valence-electron chi connectivity index (χ0n) is 10.3. The molecular formula is C13H22N2. The van der Waals surface area contributed by atoms with E-state index in [9.17, 15) is 0 Å². The molecule has 0 bridgehead atoms. The molecule has 2 heteroatoms. The summed E-state index contributed by atoms with van der Waals surface area (Å²) in [6, 6.07) is 2.61. The van der Waals surface area contributed by atoms with Crippen LogP contribution in [0.5, 0.6) is 0 Å². The molecule has 0 fully saturated rings. The summed E-state index contributed by atoms with van der Waals surface area (Å²) >= 11 is 0. The Kier molecular flexibility index (Phi) is 4.76. The Morgan fingerprint density at radius 2 is 2.13 bits per heavy atom. The molecule has 0 saturated carbocycles. The Bertz CT molecular complexity index is 307. The number of aryl methyl sites for hydroxylation is 2. The number of nitrogens with zero attached hydrogens (tertiary/aromatic N) is 1. The van der Waals surface area contributed by atoms with E-state index in [2.05, 4.69) is 37.1 Å². The number of rotatable bonds is 5. The number of hydrogen-bond acceptors (Lipinski definition) is 2. The van der Waals surface area contributed by atoms with Gasteiger partial charge in [-0.2, -0.15) is 0 Å². The first-order valence-corrected chi connectivity index (χ1v) is 5.79. The molecule has 0 spiro atoms. The van der Waals surface area contributed by atoms with Gasteiger partial charge in [0.05, 0.1) is 5.69 Å². The van der Waals surface area contributed by atoms with E-state index in [1.807, 2.05) is 13.2 Å². The molecule has 1 unspecified atom stereocenters. The molecule has 2 nitrogen and oxygen atoms in total. The first-order chi connectivity index (χ1) is 7.19. The van der Waals surface area contributed by atoms with E-state index in [4.69, 9.17) is 0 Å². The summed E-state index contributed by atoms with van der Waals surface area (Å²) in [5.41, 5.74) is 3.74. The van der Waals surface area contributed by atoms with Crippen LogP contribution in [-0.4, -0.2) is 12.0 Å². The van der Waals surface area contributed by atoms with Crippen LogP contribution in [0, 0.1) is 13.8 Å². The lowest BCUT2D eigenvalue weighted by atomic mass is 10.0. The third kappa shape index (κ3) is 3.31. The van der Waals surface area contributed by atoms with Gasteiger partial charge in [0.2, 0.25) is 0 Å². The van der Waals surface area contributed by atoms with Gasteiger partial charge in [-0.3, -0.25) is 4.98 Å². The first-order valence-electron chi connectivity index (χ1n) is 5.79. The second-order valence-corrected chi connectivity index (χ2v) is 4.20. The van der Waals surface area contributed by atoms with Gasteiger partial charge in [-0.05, 0) is 38.4 Å². The van der Waals surface area contributed by atoms with Crippen LogP contribution in [0.1, 0.15) is 49.0 Å². The molecule has 0 saturated heterocycles. The number of aromatic nitrogens is 1. The van der Waals surface area contributed by atoms with Crippen LogP contribution in [0.25, 0.3) is 0 Å². The van der Waals surface area contributed by atoms with Gasteiger partial charge < -0.3 is 5.32 Å². The highest BCUT2D eigenvalue weighted by Crippen LogP contribution is 2.20. The van der Waals surface area contributed by atoms with Crippen molar-refractivity contribution in [2.75, 3.05) is 7.05 Å². The van der Waals surface area contributed by atoms with E-state index in [0.717, 1.165) is 0 Å². The summed E-state index contributed by atoms with van der Waals surface area (Å²) in [5.74, 6) is 0. The fourth-order valence-corrected chi connectivity index (χ4v) is 1.92. The van der Waals surface area contributed by atoms with Crippen molar-refractivity contribution < 1.29 is 0 Å². The second-order valence-electron chi connectivity index (χ2n) is 4.20. The maximum Gasteiger partial charge on any atom is 0.0602 e. The summed E-state index contributed by atoms with van der Waals surface area (Å²) in [5, 5.41) is 3.35. The smallest absolute Gasteiger partial charge is 0.0602 e. The predicted octanol–water partition coefficient (Wildman–Crippen LogP) is 3.15. The van der Waals surface area contributed by atoms with Crippen LogP contribution in [0.15, 0.2) is 12.3 Å². The highest BCUT2D eigenvalue weighted by molar-refractivity contribution is 5.25. The van der Waals surface area contributed by atoms with E-state index in [1.54, 1.807) is 0 Å². The number of unbranched alkanes of at least 4 members (excludes halogenated alkanes) is 1. The Balaban J connectivity index is 2.81. The van der Waals surface area contributed by atoms with Gasteiger partial charge in [0.15, 0.2) is 0 Å². The van der Waals surface area contributed by atoms with Crippen LogP contribution in [-0.2, 0) is 0 Å².